The lowest BCUT2D eigenvalue weighted by Gasteiger charge is -2.31. The van der Waals surface area contributed by atoms with E-state index in [1.165, 1.54) is 10.5 Å². The third kappa shape index (κ3) is 5.84. The minimum atomic E-state index is -3.46. The first kappa shape index (κ1) is 21.4. The van der Waals surface area contributed by atoms with E-state index in [1.807, 2.05) is 19.2 Å². The van der Waals surface area contributed by atoms with Crippen LogP contribution in [0.3, 0.4) is 0 Å². The Morgan fingerprint density at radius 2 is 1.82 bits per heavy atom. The molecule has 0 unspecified atom stereocenters. The van der Waals surface area contributed by atoms with Crippen LogP contribution in [0.1, 0.15) is 6.42 Å². The monoisotopic (exact) mass is 441 g/mol. The van der Waals surface area contributed by atoms with Gasteiger partial charge < -0.3 is 9.64 Å². The van der Waals surface area contributed by atoms with Gasteiger partial charge in [-0.1, -0.05) is 11.6 Å². The van der Waals surface area contributed by atoms with Crippen LogP contribution >= 0.6 is 23.4 Å². The molecule has 0 amide bonds. The summed E-state index contributed by atoms with van der Waals surface area (Å²) < 4.78 is 32.6. The van der Waals surface area contributed by atoms with Gasteiger partial charge in [-0.05, 0) is 49.9 Å². The highest BCUT2D eigenvalue weighted by atomic mass is 35.5. The molecule has 1 fully saturated rings. The number of benzene rings is 1. The molecule has 0 bridgehead atoms. The van der Waals surface area contributed by atoms with Gasteiger partial charge in [-0.2, -0.15) is 4.31 Å². The zero-order valence-electron chi connectivity index (χ0n) is 15.8. The number of piperazine rings is 1. The van der Waals surface area contributed by atoms with Gasteiger partial charge in [0.05, 0.1) is 11.6 Å². The van der Waals surface area contributed by atoms with E-state index in [2.05, 4.69) is 9.88 Å². The minimum absolute atomic E-state index is 0.257. The lowest BCUT2D eigenvalue weighted by atomic mass is 10.3. The Morgan fingerprint density at radius 3 is 2.46 bits per heavy atom. The molecule has 1 aromatic heterocycles. The number of rotatable bonds is 8. The molecule has 9 heteroatoms. The summed E-state index contributed by atoms with van der Waals surface area (Å²) in [4.78, 5) is 6.69. The van der Waals surface area contributed by atoms with Gasteiger partial charge in [-0.25, -0.2) is 13.4 Å². The number of ether oxygens (including phenoxy) is 1. The normalized spacial score (nSPS) is 16.2. The van der Waals surface area contributed by atoms with Crippen LogP contribution in [0.2, 0.25) is 5.02 Å². The van der Waals surface area contributed by atoms with Crippen LogP contribution in [0.25, 0.3) is 0 Å². The predicted octanol–water partition coefficient (Wildman–Crippen LogP) is 3.23. The highest BCUT2D eigenvalue weighted by Crippen LogP contribution is 2.21. The molecular formula is C19H24ClN3O3S2. The molecule has 0 aliphatic carbocycles. The summed E-state index contributed by atoms with van der Waals surface area (Å²) in [7, 11) is -1.46. The Kier molecular flexibility index (Phi) is 7.59. The second-order valence-electron chi connectivity index (χ2n) is 6.54. The molecule has 1 aliphatic heterocycles. The molecule has 1 aromatic carbocycles. The van der Waals surface area contributed by atoms with Crippen molar-refractivity contribution in [2.75, 3.05) is 45.6 Å². The molecule has 28 heavy (non-hydrogen) atoms. The van der Waals surface area contributed by atoms with Crippen LogP contribution in [0.5, 0.6) is 5.75 Å². The second-order valence-corrected chi connectivity index (χ2v) is 10.0. The lowest BCUT2D eigenvalue weighted by Crippen LogP contribution is -2.47. The molecular weight excluding hydrogens is 418 g/mol. The van der Waals surface area contributed by atoms with Crippen molar-refractivity contribution in [2.24, 2.45) is 0 Å². The van der Waals surface area contributed by atoms with Gasteiger partial charge in [0.15, 0.2) is 0 Å². The third-order valence-corrected chi connectivity index (χ3v) is 7.59. The van der Waals surface area contributed by atoms with Crippen molar-refractivity contribution in [3.8, 4) is 5.75 Å². The van der Waals surface area contributed by atoms with Crippen LogP contribution in [-0.4, -0.2) is 68.2 Å². The number of pyridine rings is 1. The fourth-order valence-corrected chi connectivity index (χ4v) is 5.00. The Balaban J connectivity index is 1.44. The molecule has 1 saturated heterocycles. The molecule has 6 nitrogen and oxygen atoms in total. The SMILES string of the molecule is CN1CCN(S(=O)(=O)c2ccc(SCCCOc3ccc(Cl)cc3)nc2)CC1. The lowest BCUT2D eigenvalue weighted by molar-refractivity contribution is 0.222. The summed E-state index contributed by atoms with van der Waals surface area (Å²) >= 11 is 7.43. The van der Waals surface area contributed by atoms with Crippen molar-refractivity contribution >= 4 is 33.4 Å². The summed E-state index contributed by atoms with van der Waals surface area (Å²) in [6.07, 6.45) is 2.32. The van der Waals surface area contributed by atoms with Crippen LogP contribution in [0, 0.1) is 0 Å². The highest BCUT2D eigenvalue weighted by Gasteiger charge is 2.27. The minimum Gasteiger partial charge on any atom is -0.494 e. The molecule has 0 N–H and O–H groups in total. The highest BCUT2D eigenvalue weighted by molar-refractivity contribution is 7.99. The third-order valence-electron chi connectivity index (χ3n) is 4.43. The van der Waals surface area contributed by atoms with Crippen molar-refractivity contribution in [3.63, 3.8) is 0 Å². The van der Waals surface area contributed by atoms with Gasteiger partial charge in [0, 0.05) is 43.2 Å². The maximum absolute atomic E-state index is 12.7. The maximum atomic E-state index is 12.7. The van der Waals surface area contributed by atoms with E-state index < -0.39 is 10.0 Å². The number of sulfonamides is 1. The number of aromatic nitrogens is 1. The van der Waals surface area contributed by atoms with Crippen LogP contribution in [-0.2, 0) is 10.0 Å². The number of halogens is 1. The van der Waals surface area contributed by atoms with E-state index in [0.29, 0.717) is 24.7 Å². The smallest absolute Gasteiger partial charge is 0.244 e. The van der Waals surface area contributed by atoms with Gasteiger partial charge in [0.1, 0.15) is 10.6 Å². The molecule has 3 rings (SSSR count). The van der Waals surface area contributed by atoms with Crippen molar-refractivity contribution in [2.45, 2.75) is 16.3 Å². The average molecular weight is 442 g/mol. The molecule has 0 spiro atoms. The molecule has 0 atom stereocenters. The average Bonchev–Trinajstić information content (AvgIpc) is 2.70. The standard InChI is InChI=1S/C19H24ClN3O3S2/c1-22-9-11-23(12-10-22)28(24,25)18-7-8-19(21-15-18)27-14-2-13-26-17-5-3-16(20)4-6-17/h3-8,15H,2,9-14H2,1H3. The molecule has 0 saturated carbocycles. The fourth-order valence-electron chi connectivity index (χ4n) is 2.74. The number of nitrogens with zero attached hydrogens (tertiary/aromatic N) is 3. The topological polar surface area (TPSA) is 62.7 Å². The number of hydrogen-bond acceptors (Lipinski definition) is 6. The molecule has 152 valence electrons. The van der Waals surface area contributed by atoms with Gasteiger partial charge in [-0.15, -0.1) is 11.8 Å². The molecule has 0 radical (unpaired) electrons. The van der Waals surface area contributed by atoms with Gasteiger partial charge >= 0.3 is 0 Å². The summed E-state index contributed by atoms with van der Waals surface area (Å²) in [5.74, 6) is 1.64. The molecule has 2 aromatic rings. The Bertz CT molecular complexity index is 853. The number of likely N-dealkylation sites (N-methyl/N-ethyl adjacent to an activating group) is 1. The van der Waals surface area contributed by atoms with Gasteiger partial charge in [0.2, 0.25) is 10.0 Å². The number of thioether (sulfide) groups is 1. The summed E-state index contributed by atoms with van der Waals surface area (Å²) in [6.45, 7) is 3.13. The summed E-state index contributed by atoms with van der Waals surface area (Å²) in [5, 5.41) is 1.50. The fraction of sp³-hybridized carbons (Fsp3) is 0.421. The van der Waals surface area contributed by atoms with E-state index in [4.69, 9.17) is 16.3 Å². The predicted molar refractivity (Wildman–Crippen MR) is 113 cm³/mol. The quantitative estimate of drug-likeness (QED) is 0.463. The Hall–Kier alpha value is -1.32. The van der Waals surface area contributed by atoms with E-state index in [-0.39, 0.29) is 4.90 Å². The maximum Gasteiger partial charge on any atom is 0.244 e. The van der Waals surface area contributed by atoms with Crippen molar-refractivity contribution in [1.29, 1.82) is 0 Å². The molecule has 2 heterocycles. The summed E-state index contributed by atoms with van der Waals surface area (Å²) in [6, 6.07) is 10.7. The first-order valence-electron chi connectivity index (χ1n) is 9.11. The van der Waals surface area contributed by atoms with Crippen LogP contribution < -0.4 is 4.74 Å². The van der Waals surface area contributed by atoms with Crippen molar-refractivity contribution < 1.29 is 13.2 Å². The van der Waals surface area contributed by atoms with Crippen molar-refractivity contribution in [3.05, 3.63) is 47.6 Å². The van der Waals surface area contributed by atoms with E-state index in [0.717, 1.165) is 36.0 Å². The Morgan fingerprint density at radius 1 is 1.11 bits per heavy atom. The first-order valence-corrected chi connectivity index (χ1v) is 11.9. The van der Waals surface area contributed by atoms with Crippen LogP contribution in [0.4, 0.5) is 0 Å². The van der Waals surface area contributed by atoms with E-state index in [1.54, 1.807) is 36.0 Å². The molecule has 1 aliphatic rings. The second kappa shape index (κ2) is 9.93. The number of hydrogen-bond donors (Lipinski definition) is 0. The Labute approximate surface area is 175 Å². The largest absolute Gasteiger partial charge is 0.494 e. The summed E-state index contributed by atoms with van der Waals surface area (Å²) in [5.41, 5.74) is 0. The van der Waals surface area contributed by atoms with Crippen molar-refractivity contribution in [1.82, 2.24) is 14.2 Å². The van der Waals surface area contributed by atoms with E-state index >= 15 is 0 Å². The zero-order chi connectivity index (χ0) is 20.0. The first-order chi connectivity index (χ1) is 13.4. The van der Waals surface area contributed by atoms with Crippen LogP contribution in [0.15, 0.2) is 52.5 Å². The van der Waals surface area contributed by atoms with E-state index in [9.17, 15) is 8.42 Å². The van der Waals surface area contributed by atoms with Gasteiger partial charge in [-0.3, -0.25) is 0 Å². The van der Waals surface area contributed by atoms with Gasteiger partial charge in [0.25, 0.3) is 0 Å². The zero-order valence-corrected chi connectivity index (χ0v) is 18.1.